The topological polar surface area (TPSA) is 306 Å². The van der Waals surface area contributed by atoms with Crippen LogP contribution in [0.1, 0.15) is 34.1 Å². The van der Waals surface area contributed by atoms with Crippen LogP contribution in [0.3, 0.4) is 0 Å². The summed E-state index contributed by atoms with van der Waals surface area (Å²) in [6.07, 6.45) is -6.19. The highest BCUT2D eigenvalue weighted by Crippen LogP contribution is 2.44. The van der Waals surface area contributed by atoms with Gasteiger partial charge in [-0.25, -0.2) is 4.79 Å². The quantitative estimate of drug-likeness (QED) is 0.0492. The van der Waals surface area contributed by atoms with Crippen LogP contribution in [0.5, 0.6) is 5.75 Å². The van der Waals surface area contributed by atoms with Gasteiger partial charge in [-0.05, 0) is 19.1 Å². The Balaban J connectivity index is 3.68. The third-order valence-electron chi connectivity index (χ3n) is 4.59. The van der Waals surface area contributed by atoms with E-state index in [4.69, 9.17) is 9.47 Å². The maximum absolute atomic E-state index is 13.5. The van der Waals surface area contributed by atoms with Gasteiger partial charge in [0.25, 0.3) is 11.8 Å². The van der Waals surface area contributed by atoms with Gasteiger partial charge in [-0.2, -0.15) is 0 Å². The van der Waals surface area contributed by atoms with Crippen molar-refractivity contribution in [3.05, 3.63) is 41.5 Å². The maximum atomic E-state index is 13.5. The summed E-state index contributed by atoms with van der Waals surface area (Å²) < 4.78 is 56.8. The van der Waals surface area contributed by atoms with Crippen LogP contribution in [0, 0.1) is 0 Å². The Kier molecular flexibility index (Phi) is 13.5. The van der Waals surface area contributed by atoms with Crippen LogP contribution in [-0.2, 0) is 27.8 Å². The first-order valence-corrected chi connectivity index (χ1v) is 18.4. The molecule has 0 unspecified atom stereocenters. The molecule has 1 rings (SSSR count). The second-order valence-electron chi connectivity index (χ2n) is 8.71. The molecule has 1 aromatic carbocycles. The number of nitrogens with zero attached hydrogens (tertiary/aromatic N) is 2. The van der Waals surface area contributed by atoms with Crippen molar-refractivity contribution in [2.24, 2.45) is 0 Å². The Morgan fingerprint density at radius 1 is 0.738 bits per heavy atom. The van der Waals surface area contributed by atoms with Gasteiger partial charge in [0.05, 0.1) is 24.3 Å². The van der Waals surface area contributed by atoms with Crippen LogP contribution < -0.4 is 4.74 Å². The van der Waals surface area contributed by atoms with Gasteiger partial charge in [0.15, 0.2) is 0 Å². The van der Waals surface area contributed by atoms with E-state index < -0.39 is 90.2 Å². The Bertz CT molecular complexity index is 1330. The Morgan fingerprint density at radius 2 is 1.17 bits per heavy atom. The van der Waals surface area contributed by atoms with E-state index in [-0.39, 0.29) is 35.0 Å². The Labute approximate surface area is 238 Å². The molecule has 0 bridgehead atoms. The van der Waals surface area contributed by atoms with E-state index in [0.29, 0.717) is 0 Å². The largest absolute Gasteiger partial charge is 0.493 e. The van der Waals surface area contributed by atoms with Gasteiger partial charge in [0, 0.05) is 12.0 Å². The molecule has 238 valence electrons. The molecule has 0 atom stereocenters. The number of amides is 2. The van der Waals surface area contributed by atoms with E-state index in [1.165, 1.54) is 6.92 Å². The molecule has 0 fully saturated rings. The predicted molar refractivity (Wildman–Crippen MR) is 142 cm³/mol. The van der Waals surface area contributed by atoms with Crippen LogP contribution in [0.2, 0.25) is 0 Å². The van der Waals surface area contributed by atoms with Gasteiger partial charge >= 0.3 is 36.4 Å². The SMILES string of the molecule is C=C(C)C(=O)OCCCOc1cccc(C(=O)N(CP(=O)(O)O)CP(=O)(O)O)c1C(=O)N(CP(=O)(O)O)CP(=O)(O)O. The van der Waals surface area contributed by atoms with Gasteiger partial charge in [-0.1, -0.05) is 12.6 Å². The number of hydrogen-bond donors (Lipinski definition) is 8. The van der Waals surface area contributed by atoms with Gasteiger partial charge in [0.1, 0.15) is 30.9 Å². The van der Waals surface area contributed by atoms with E-state index in [2.05, 4.69) is 6.58 Å². The highest BCUT2D eigenvalue weighted by molar-refractivity contribution is 7.53. The molecule has 0 heterocycles. The lowest BCUT2D eigenvalue weighted by Crippen LogP contribution is -2.37. The van der Waals surface area contributed by atoms with Crippen molar-refractivity contribution in [1.82, 2.24) is 9.80 Å². The van der Waals surface area contributed by atoms with Crippen LogP contribution in [0.25, 0.3) is 0 Å². The fraction of sp³-hybridized carbons (Fsp3) is 0.421. The second-order valence-corrected chi connectivity index (χ2v) is 15.2. The summed E-state index contributed by atoms with van der Waals surface area (Å²) in [7, 11) is -20.7. The lowest BCUT2D eigenvalue weighted by Gasteiger charge is -2.27. The summed E-state index contributed by atoms with van der Waals surface area (Å²) >= 11 is 0. The molecule has 42 heavy (non-hydrogen) atoms. The minimum absolute atomic E-state index is 0.0193. The van der Waals surface area contributed by atoms with Crippen LogP contribution in [-0.4, -0.2) is 105 Å². The van der Waals surface area contributed by atoms with Crippen molar-refractivity contribution in [1.29, 1.82) is 0 Å². The first-order chi connectivity index (χ1) is 18.9. The zero-order valence-corrected chi connectivity index (χ0v) is 25.4. The molecule has 0 aliphatic carbocycles. The minimum atomic E-state index is -5.19. The molecule has 0 saturated carbocycles. The minimum Gasteiger partial charge on any atom is -0.493 e. The number of esters is 1. The van der Waals surface area contributed by atoms with Crippen molar-refractivity contribution >= 4 is 48.2 Å². The molecule has 0 aliphatic heterocycles. The first kappa shape index (κ1) is 37.8. The Morgan fingerprint density at radius 3 is 1.57 bits per heavy atom. The molecule has 0 spiro atoms. The van der Waals surface area contributed by atoms with Crippen LogP contribution >= 0.6 is 30.4 Å². The molecule has 2 amide bonds. The summed E-state index contributed by atoms with van der Waals surface area (Å²) in [5.74, 6) is -4.41. The van der Waals surface area contributed by atoms with Gasteiger partial charge < -0.3 is 58.4 Å². The van der Waals surface area contributed by atoms with Gasteiger partial charge in [-0.3, -0.25) is 27.8 Å². The molecule has 8 N–H and O–H groups in total. The number of ether oxygens (including phenoxy) is 2. The fourth-order valence-electron chi connectivity index (χ4n) is 3.14. The van der Waals surface area contributed by atoms with Crippen LogP contribution in [0.15, 0.2) is 30.4 Å². The first-order valence-electron chi connectivity index (χ1n) is 11.3. The molecular formula is C19H30N2O17P4. The van der Waals surface area contributed by atoms with Crippen molar-refractivity contribution in [3.63, 3.8) is 0 Å². The molecule has 0 radical (unpaired) electrons. The third kappa shape index (κ3) is 14.3. The normalized spacial score (nSPS) is 12.4. The number of carbonyl (C=O) groups is 3. The number of hydrogen-bond acceptors (Lipinski definition) is 9. The molecule has 0 saturated heterocycles. The lowest BCUT2D eigenvalue weighted by molar-refractivity contribution is -0.139. The highest BCUT2D eigenvalue weighted by Gasteiger charge is 2.37. The fourth-order valence-corrected chi connectivity index (χ4v) is 6.15. The van der Waals surface area contributed by atoms with Crippen molar-refractivity contribution < 1.29 is 81.3 Å². The van der Waals surface area contributed by atoms with E-state index in [1.807, 2.05) is 0 Å². The average Bonchev–Trinajstić information content (AvgIpc) is 2.78. The van der Waals surface area contributed by atoms with E-state index in [9.17, 15) is 71.8 Å². The van der Waals surface area contributed by atoms with E-state index in [1.54, 1.807) is 0 Å². The number of carbonyl (C=O) groups excluding carboxylic acids is 3. The van der Waals surface area contributed by atoms with Crippen molar-refractivity contribution in [3.8, 4) is 5.75 Å². The van der Waals surface area contributed by atoms with E-state index in [0.717, 1.165) is 18.2 Å². The standard InChI is InChI=1S/C19H30N2O17P4/c1-13(2)19(24)38-8-4-7-37-15-6-3-5-14(17(22)20(9-39(25,26)27)10-40(28,29)30)16(15)18(23)21(11-41(31,32)33)12-42(34,35)36/h3,5-6H,1,4,7-12H2,2H3,(H2,25,26,27)(H2,28,29,30)(H2,31,32,33)(H2,34,35,36). The summed E-state index contributed by atoms with van der Waals surface area (Å²) in [5, 5.41) is 0. The second kappa shape index (κ2) is 15.0. The molecule has 0 aromatic heterocycles. The van der Waals surface area contributed by atoms with Crippen molar-refractivity contribution in [2.75, 3.05) is 38.4 Å². The number of benzene rings is 1. The average molecular weight is 682 g/mol. The molecule has 19 nitrogen and oxygen atoms in total. The van der Waals surface area contributed by atoms with E-state index >= 15 is 0 Å². The van der Waals surface area contributed by atoms with Crippen LogP contribution in [0.4, 0.5) is 0 Å². The summed E-state index contributed by atoms with van der Waals surface area (Å²) in [6.45, 7) is 4.23. The molecular weight excluding hydrogens is 652 g/mol. The summed E-state index contributed by atoms with van der Waals surface area (Å²) in [4.78, 5) is 113. The molecule has 0 aliphatic rings. The van der Waals surface area contributed by atoms with Crippen molar-refractivity contribution in [2.45, 2.75) is 13.3 Å². The molecule has 1 aromatic rings. The lowest BCUT2D eigenvalue weighted by atomic mass is 10.0. The van der Waals surface area contributed by atoms with Gasteiger partial charge in [0.2, 0.25) is 0 Å². The monoisotopic (exact) mass is 682 g/mol. The third-order valence-corrected chi connectivity index (χ3v) is 7.43. The maximum Gasteiger partial charge on any atom is 0.344 e. The summed E-state index contributed by atoms with van der Waals surface area (Å²) in [6, 6.07) is 2.97. The molecule has 23 heteroatoms. The Hall–Kier alpha value is -2.23. The highest BCUT2D eigenvalue weighted by atomic mass is 31.2. The van der Waals surface area contributed by atoms with Gasteiger partial charge in [-0.15, -0.1) is 0 Å². The predicted octanol–water partition coefficient (Wildman–Crippen LogP) is -0.000000000000000555. The number of rotatable bonds is 16. The summed E-state index contributed by atoms with van der Waals surface area (Å²) in [5.41, 5.74) is -1.67. The smallest absolute Gasteiger partial charge is 0.344 e. The zero-order valence-electron chi connectivity index (χ0n) is 21.8. The zero-order chi connectivity index (χ0) is 32.7.